The molecular weight excluding hydrogens is 335 g/mol. The van der Waals surface area contributed by atoms with Crippen LogP contribution in [0.2, 0.25) is 0 Å². The Bertz CT molecular complexity index is 834. The van der Waals surface area contributed by atoms with E-state index >= 15 is 0 Å². The number of nitro benzene ring substituents is 1. The van der Waals surface area contributed by atoms with Gasteiger partial charge in [-0.15, -0.1) is 0 Å². The Morgan fingerprint density at radius 2 is 2.00 bits per heavy atom. The summed E-state index contributed by atoms with van der Waals surface area (Å²) in [4.78, 5) is 14.6. The smallest absolute Gasteiger partial charge is 0.269 e. The summed E-state index contributed by atoms with van der Waals surface area (Å²) in [6.45, 7) is 0.997. The van der Waals surface area contributed by atoms with Gasteiger partial charge < -0.3 is 10.6 Å². The van der Waals surface area contributed by atoms with Crippen LogP contribution in [0.25, 0.3) is 0 Å². The zero-order chi connectivity index (χ0) is 18.6. The second-order valence-corrected chi connectivity index (χ2v) is 6.47. The van der Waals surface area contributed by atoms with Gasteiger partial charge in [0, 0.05) is 37.7 Å². The molecular formula is C19H21FN4O2. The molecule has 0 heterocycles. The van der Waals surface area contributed by atoms with Crippen molar-refractivity contribution in [2.45, 2.75) is 24.8 Å². The second-order valence-electron chi connectivity index (χ2n) is 6.47. The van der Waals surface area contributed by atoms with E-state index in [2.05, 4.69) is 15.6 Å². The summed E-state index contributed by atoms with van der Waals surface area (Å²) in [5, 5.41) is 17.2. The van der Waals surface area contributed by atoms with Crippen molar-refractivity contribution in [3.8, 4) is 0 Å². The van der Waals surface area contributed by atoms with Crippen molar-refractivity contribution in [3.05, 3.63) is 75.6 Å². The molecule has 0 amide bonds. The molecule has 0 aliphatic heterocycles. The standard InChI is InChI=1S/C19H21FN4O2/c1-21-18(22-12-14-5-4-6-15(11-14)24(25)26)23-13-19(9-10-19)16-7-2-3-8-17(16)20/h2-8,11H,9-10,12-13H2,1H3,(H2,21,22,23). The molecule has 2 N–H and O–H groups in total. The lowest BCUT2D eigenvalue weighted by Crippen LogP contribution is -2.41. The Morgan fingerprint density at radius 3 is 2.65 bits per heavy atom. The Kier molecular flexibility index (Phi) is 5.16. The summed E-state index contributed by atoms with van der Waals surface area (Å²) in [5.74, 6) is 0.408. The maximum absolute atomic E-state index is 14.1. The van der Waals surface area contributed by atoms with Gasteiger partial charge in [0.1, 0.15) is 5.82 Å². The highest BCUT2D eigenvalue weighted by Gasteiger charge is 2.45. The van der Waals surface area contributed by atoms with Crippen LogP contribution in [-0.4, -0.2) is 24.5 Å². The number of benzene rings is 2. The lowest BCUT2D eigenvalue weighted by Gasteiger charge is -2.19. The number of hydrogen-bond donors (Lipinski definition) is 2. The van der Waals surface area contributed by atoms with Gasteiger partial charge in [-0.05, 0) is 30.0 Å². The van der Waals surface area contributed by atoms with E-state index in [0.717, 1.165) is 24.0 Å². The van der Waals surface area contributed by atoms with Crippen molar-refractivity contribution in [3.63, 3.8) is 0 Å². The highest BCUT2D eigenvalue weighted by Crippen LogP contribution is 2.48. The normalized spacial score (nSPS) is 15.4. The topological polar surface area (TPSA) is 79.6 Å². The molecule has 1 fully saturated rings. The largest absolute Gasteiger partial charge is 0.356 e. The monoisotopic (exact) mass is 356 g/mol. The number of halogens is 1. The van der Waals surface area contributed by atoms with Crippen molar-refractivity contribution < 1.29 is 9.31 Å². The predicted octanol–water partition coefficient (Wildman–Crippen LogP) is 3.13. The molecule has 136 valence electrons. The third-order valence-electron chi connectivity index (χ3n) is 4.70. The molecule has 0 unspecified atom stereocenters. The molecule has 0 saturated heterocycles. The van der Waals surface area contributed by atoms with Crippen LogP contribution in [0.4, 0.5) is 10.1 Å². The zero-order valence-electron chi connectivity index (χ0n) is 14.5. The SMILES string of the molecule is CN=C(NCc1cccc([N+](=O)[O-])c1)NCC1(c2ccccc2F)CC1. The number of aliphatic imine (C=N–C) groups is 1. The first-order valence-corrected chi connectivity index (χ1v) is 8.47. The molecule has 26 heavy (non-hydrogen) atoms. The number of non-ortho nitro benzene ring substituents is 1. The molecule has 1 aliphatic rings. The number of nitrogens with one attached hydrogen (secondary N) is 2. The Hall–Kier alpha value is -2.96. The van der Waals surface area contributed by atoms with E-state index in [4.69, 9.17) is 0 Å². The molecule has 1 saturated carbocycles. The van der Waals surface area contributed by atoms with Crippen LogP contribution in [-0.2, 0) is 12.0 Å². The van der Waals surface area contributed by atoms with Gasteiger partial charge in [0.05, 0.1) is 4.92 Å². The Balaban J connectivity index is 1.58. The van der Waals surface area contributed by atoms with Gasteiger partial charge in [0.2, 0.25) is 0 Å². The molecule has 3 rings (SSSR count). The van der Waals surface area contributed by atoms with E-state index in [1.54, 1.807) is 19.2 Å². The summed E-state index contributed by atoms with van der Waals surface area (Å²) >= 11 is 0. The van der Waals surface area contributed by atoms with E-state index in [9.17, 15) is 14.5 Å². The predicted molar refractivity (Wildman–Crippen MR) is 98.6 cm³/mol. The van der Waals surface area contributed by atoms with E-state index in [0.29, 0.717) is 19.0 Å². The molecule has 0 spiro atoms. The lowest BCUT2D eigenvalue weighted by atomic mass is 9.95. The second kappa shape index (κ2) is 7.51. The van der Waals surface area contributed by atoms with E-state index < -0.39 is 4.92 Å². The number of rotatable bonds is 6. The first-order valence-electron chi connectivity index (χ1n) is 8.47. The van der Waals surface area contributed by atoms with Crippen LogP contribution in [0.15, 0.2) is 53.5 Å². The minimum Gasteiger partial charge on any atom is -0.356 e. The van der Waals surface area contributed by atoms with Gasteiger partial charge in [-0.1, -0.05) is 30.3 Å². The van der Waals surface area contributed by atoms with E-state index in [1.165, 1.54) is 18.2 Å². The van der Waals surface area contributed by atoms with Crippen LogP contribution in [0.1, 0.15) is 24.0 Å². The Labute approximate surface area is 151 Å². The first kappa shape index (κ1) is 17.8. The van der Waals surface area contributed by atoms with Crippen molar-refractivity contribution >= 4 is 11.6 Å². The summed E-state index contributed by atoms with van der Waals surface area (Å²) in [5.41, 5.74) is 1.40. The molecule has 0 atom stereocenters. The summed E-state index contributed by atoms with van der Waals surface area (Å²) in [6.07, 6.45) is 1.87. The molecule has 6 nitrogen and oxygen atoms in total. The average Bonchev–Trinajstić information content (AvgIpc) is 3.43. The minimum absolute atomic E-state index is 0.0590. The van der Waals surface area contributed by atoms with Gasteiger partial charge in [-0.2, -0.15) is 0 Å². The summed E-state index contributed by atoms with van der Waals surface area (Å²) < 4.78 is 14.1. The van der Waals surface area contributed by atoms with E-state index in [1.807, 2.05) is 18.2 Å². The fourth-order valence-electron chi connectivity index (χ4n) is 3.02. The molecule has 2 aromatic carbocycles. The van der Waals surface area contributed by atoms with Gasteiger partial charge >= 0.3 is 0 Å². The quantitative estimate of drug-likeness (QED) is 0.361. The number of guanidine groups is 1. The highest BCUT2D eigenvalue weighted by atomic mass is 19.1. The molecule has 0 aromatic heterocycles. The average molecular weight is 356 g/mol. The molecule has 2 aromatic rings. The number of hydrogen-bond acceptors (Lipinski definition) is 3. The van der Waals surface area contributed by atoms with Gasteiger partial charge in [-0.25, -0.2) is 4.39 Å². The molecule has 7 heteroatoms. The fraction of sp³-hybridized carbons (Fsp3) is 0.316. The van der Waals surface area contributed by atoms with E-state index in [-0.39, 0.29) is 16.9 Å². The minimum atomic E-state index is -0.415. The number of nitrogens with zero attached hydrogens (tertiary/aromatic N) is 2. The highest BCUT2D eigenvalue weighted by molar-refractivity contribution is 5.79. The number of nitro groups is 1. The van der Waals surface area contributed by atoms with Crippen molar-refractivity contribution in [1.82, 2.24) is 10.6 Å². The summed E-state index contributed by atoms with van der Waals surface area (Å²) in [7, 11) is 1.66. The van der Waals surface area contributed by atoms with Crippen molar-refractivity contribution in [1.29, 1.82) is 0 Å². The third kappa shape index (κ3) is 3.99. The van der Waals surface area contributed by atoms with Crippen LogP contribution in [0.5, 0.6) is 0 Å². The van der Waals surface area contributed by atoms with Crippen molar-refractivity contribution in [2.24, 2.45) is 4.99 Å². The maximum atomic E-state index is 14.1. The zero-order valence-corrected chi connectivity index (χ0v) is 14.5. The fourth-order valence-corrected chi connectivity index (χ4v) is 3.02. The van der Waals surface area contributed by atoms with Crippen LogP contribution >= 0.6 is 0 Å². The Morgan fingerprint density at radius 1 is 1.23 bits per heavy atom. The van der Waals surface area contributed by atoms with Crippen molar-refractivity contribution in [2.75, 3.05) is 13.6 Å². The summed E-state index contributed by atoms with van der Waals surface area (Å²) in [6, 6.07) is 13.3. The molecule has 0 radical (unpaired) electrons. The molecule has 1 aliphatic carbocycles. The lowest BCUT2D eigenvalue weighted by molar-refractivity contribution is -0.384. The maximum Gasteiger partial charge on any atom is 0.269 e. The van der Waals surface area contributed by atoms with Gasteiger partial charge in [0.15, 0.2) is 5.96 Å². The third-order valence-corrected chi connectivity index (χ3v) is 4.70. The van der Waals surface area contributed by atoms with Crippen LogP contribution < -0.4 is 10.6 Å². The van der Waals surface area contributed by atoms with Crippen LogP contribution in [0.3, 0.4) is 0 Å². The molecule has 0 bridgehead atoms. The van der Waals surface area contributed by atoms with Gasteiger partial charge in [-0.3, -0.25) is 15.1 Å². The first-order chi connectivity index (χ1) is 12.5. The van der Waals surface area contributed by atoms with Crippen LogP contribution in [0, 0.1) is 15.9 Å². The van der Waals surface area contributed by atoms with Gasteiger partial charge in [0.25, 0.3) is 5.69 Å².